The summed E-state index contributed by atoms with van der Waals surface area (Å²) in [4.78, 5) is 11.2. The second kappa shape index (κ2) is 5.91. The van der Waals surface area contributed by atoms with Crippen LogP contribution in [0.2, 0.25) is 5.15 Å². The number of halogens is 1. The van der Waals surface area contributed by atoms with E-state index in [-0.39, 0.29) is 0 Å². The molecule has 1 saturated heterocycles. The highest BCUT2D eigenvalue weighted by molar-refractivity contribution is 7.99. The molecule has 2 rings (SSSR count). The van der Waals surface area contributed by atoms with Crippen molar-refractivity contribution in [3.05, 3.63) is 17.0 Å². The summed E-state index contributed by atoms with van der Waals surface area (Å²) >= 11 is 8.08. The normalized spacial score (nSPS) is 17.3. The van der Waals surface area contributed by atoms with Crippen molar-refractivity contribution in [2.75, 3.05) is 29.5 Å². The van der Waals surface area contributed by atoms with Crippen LogP contribution >= 0.6 is 23.4 Å². The molecule has 1 aromatic rings. The molecule has 1 aliphatic rings. The lowest BCUT2D eigenvalue weighted by Crippen LogP contribution is -2.27. The fourth-order valence-electron chi connectivity index (χ4n) is 1.82. The van der Waals surface area contributed by atoms with Crippen molar-refractivity contribution in [3.8, 4) is 0 Å². The Morgan fingerprint density at radius 1 is 1.29 bits per heavy atom. The van der Waals surface area contributed by atoms with Crippen LogP contribution in [0.1, 0.15) is 32.0 Å². The molecule has 0 spiro atoms. The molecule has 17 heavy (non-hydrogen) atoms. The van der Waals surface area contributed by atoms with Gasteiger partial charge in [-0.15, -0.1) is 0 Å². The molecule has 0 unspecified atom stereocenters. The second-order valence-electron chi connectivity index (χ2n) is 4.51. The van der Waals surface area contributed by atoms with E-state index in [1.165, 1.54) is 17.9 Å². The van der Waals surface area contributed by atoms with Crippen molar-refractivity contribution < 1.29 is 0 Å². The molecule has 0 saturated carbocycles. The summed E-state index contributed by atoms with van der Waals surface area (Å²) in [6, 6.07) is 1.88. The molecule has 1 fully saturated rings. The van der Waals surface area contributed by atoms with Gasteiger partial charge in [-0.1, -0.05) is 25.4 Å². The van der Waals surface area contributed by atoms with Gasteiger partial charge in [-0.05, 0) is 12.2 Å². The monoisotopic (exact) mass is 271 g/mol. The molecule has 5 heteroatoms. The first-order valence-corrected chi connectivity index (χ1v) is 7.57. The van der Waals surface area contributed by atoms with Gasteiger partial charge >= 0.3 is 0 Å². The first kappa shape index (κ1) is 13.0. The van der Waals surface area contributed by atoms with Gasteiger partial charge in [0.15, 0.2) is 0 Å². The molecule has 2 heterocycles. The maximum Gasteiger partial charge on any atom is 0.135 e. The zero-order valence-corrected chi connectivity index (χ0v) is 11.9. The predicted octanol–water partition coefficient (Wildman–Crippen LogP) is 3.20. The fraction of sp³-hybridized carbons (Fsp3) is 0.667. The van der Waals surface area contributed by atoms with Crippen LogP contribution in [-0.4, -0.2) is 34.6 Å². The molecule has 0 aliphatic carbocycles. The Kier molecular flexibility index (Phi) is 4.51. The number of rotatable bonds is 2. The van der Waals surface area contributed by atoms with Gasteiger partial charge < -0.3 is 4.90 Å². The zero-order valence-electron chi connectivity index (χ0n) is 10.3. The molecule has 1 aromatic heterocycles. The van der Waals surface area contributed by atoms with Crippen molar-refractivity contribution in [2.24, 2.45) is 0 Å². The molecule has 0 amide bonds. The van der Waals surface area contributed by atoms with Gasteiger partial charge in [-0.3, -0.25) is 0 Å². The smallest absolute Gasteiger partial charge is 0.135 e. The maximum absolute atomic E-state index is 6.07. The highest BCUT2D eigenvalue weighted by atomic mass is 35.5. The molecule has 0 bridgehead atoms. The van der Waals surface area contributed by atoms with Gasteiger partial charge in [0.2, 0.25) is 0 Å². The van der Waals surface area contributed by atoms with Crippen LogP contribution in [0, 0.1) is 0 Å². The number of aromatic nitrogens is 2. The van der Waals surface area contributed by atoms with Crippen LogP contribution in [0.4, 0.5) is 5.82 Å². The Morgan fingerprint density at radius 3 is 2.88 bits per heavy atom. The molecule has 0 aromatic carbocycles. The van der Waals surface area contributed by atoms with E-state index in [2.05, 4.69) is 28.7 Å². The molecular weight excluding hydrogens is 254 g/mol. The summed E-state index contributed by atoms with van der Waals surface area (Å²) in [7, 11) is 0. The summed E-state index contributed by atoms with van der Waals surface area (Å²) in [6.45, 7) is 6.30. The maximum atomic E-state index is 6.07. The number of hydrogen-bond donors (Lipinski definition) is 0. The van der Waals surface area contributed by atoms with Crippen LogP contribution < -0.4 is 4.90 Å². The van der Waals surface area contributed by atoms with E-state index >= 15 is 0 Å². The summed E-state index contributed by atoms with van der Waals surface area (Å²) in [5, 5.41) is 0.551. The van der Waals surface area contributed by atoms with E-state index in [1.54, 1.807) is 0 Å². The minimum absolute atomic E-state index is 0.314. The highest BCUT2D eigenvalue weighted by Gasteiger charge is 2.14. The standard InChI is InChI=1S/C12H18ClN3S/c1-9(2)12-14-10(13)8-11(15-12)16-4-3-6-17-7-5-16/h8-9H,3-7H2,1-2H3. The van der Waals surface area contributed by atoms with Crippen molar-refractivity contribution in [3.63, 3.8) is 0 Å². The molecular formula is C12H18ClN3S. The van der Waals surface area contributed by atoms with Gasteiger partial charge in [-0.25, -0.2) is 9.97 Å². The van der Waals surface area contributed by atoms with Crippen molar-refractivity contribution in [1.29, 1.82) is 0 Å². The predicted molar refractivity (Wildman–Crippen MR) is 75.3 cm³/mol. The van der Waals surface area contributed by atoms with Crippen LogP contribution in [0.3, 0.4) is 0 Å². The first-order valence-electron chi connectivity index (χ1n) is 6.04. The van der Waals surface area contributed by atoms with Crippen LogP contribution in [0.5, 0.6) is 0 Å². The summed E-state index contributed by atoms with van der Waals surface area (Å²) < 4.78 is 0. The Morgan fingerprint density at radius 2 is 2.12 bits per heavy atom. The van der Waals surface area contributed by atoms with Crippen molar-refractivity contribution in [2.45, 2.75) is 26.2 Å². The molecule has 94 valence electrons. The largest absolute Gasteiger partial charge is 0.356 e. The molecule has 0 radical (unpaired) electrons. The van der Waals surface area contributed by atoms with E-state index in [0.29, 0.717) is 11.1 Å². The second-order valence-corrected chi connectivity index (χ2v) is 6.13. The Balaban J connectivity index is 2.23. The van der Waals surface area contributed by atoms with Gasteiger partial charge in [0.1, 0.15) is 16.8 Å². The number of hydrogen-bond acceptors (Lipinski definition) is 4. The van der Waals surface area contributed by atoms with Gasteiger partial charge in [0, 0.05) is 30.8 Å². The lowest BCUT2D eigenvalue weighted by molar-refractivity contribution is 0.746. The van der Waals surface area contributed by atoms with E-state index in [9.17, 15) is 0 Å². The average Bonchev–Trinajstić information content (AvgIpc) is 2.56. The van der Waals surface area contributed by atoms with Crippen molar-refractivity contribution >= 4 is 29.2 Å². The van der Waals surface area contributed by atoms with E-state index in [1.807, 2.05) is 17.8 Å². The quantitative estimate of drug-likeness (QED) is 0.773. The SMILES string of the molecule is CC(C)c1nc(Cl)cc(N2CCCSCC2)n1. The molecule has 0 N–H and O–H groups in total. The first-order chi connectivity index (χ1) is 8.16. The number of thioether (sulfide) groups is 1. The Labute approximate surface area is 112 Å². The van der Waals surface area contributed by atoms with E-state index < -0.39 is 0 Å². The minimum atomic E-state index is 0.314. The minimum Gasteiger partial charge on any atom is -0.356 e. The van der Waals surface area contributed by atoms with E-state index in [0.717, 1.165) is 24.7 Å². The number of nitrogens with zero attached hydrogens (tertiary/aromatic N) is 3. The summed E-state index contributed by atoms with van der Waals surface area (Å²) in [6.07, 6.45) is 1.21. The van der Waals surface area contributed by atoms with Gasteiger partial charge in [0.05, 0.1) is 0 Å². The average molecular weight is 272 g/mol. The Hall–Kier alpha value is -0.480. The highest BCUT2D eigenvalue weighted by Crippen LogP contribution is 2.22. The molecule has 1 aliphatic heterocycles. The summed E-state index contributed by atoms with van der Waals surface area (Å²) in [5.41, 5.74) is 0. The third kappa shape index (κ3) is 3.49. The molecule has 0 atom stereocenters. The fourth-order valence-corrected chi connectivity index (χ4v) is 2.89. The lowest BCUT2D eigenvalue weighted by atomic mass is 10.2. The molecule has 3 nitrogen and oxygen atoms in total. The zero-order chi connectivity index (χ0) is 12.3. The number of anilines is 1. The van der Waals surface area contributed by atoms with Crippen LogP contribution in [0.15, 0.2) is 6.07 Å². The lowest BCUT2D eigenvalue weighted by Gasteiger charge is -2.22. The Bertz CT molecular complexity index is 376. The van der Waals surface area contributed by atoms with Crippen LogP contribution in [0.25, 0.3) is 0 Å². The summed E-state index contributed by atoms with van der Waals surface area (Å²) in [5.74, 6) is 4.54. The third-order valence-electron chi connectivity index (χ3n) is 2.76. The van der Waals surface area contributed by atoms with Gasteiger partial charge in [-0.2, -0.15) is 11.8 Å². The van der Waals surface area contributed by atoms with Gasteiger partial charge in [0.25, 0.3) is 0 Å². The van der Waals surface area contributed by atoms with Crippen LogP contribution in [-0.2, 0) is 0 Å². The van der Waals surface area contributed by atoms with Crippen molar-refractivity contribution in [1.82, 2.24) is 9.97 Å². The van der Waals surface area contributed by atoms with E-state index in [4.69, 9.17) is 11.6 Å². The topological polar surface area (TPSA) is 29.0 Å². The third-order valence-corrected chi connectivity index (χ3v) is 4.00.